The molecule has 0 saturated carbocycles. The van der Waals surface area contributed by atoms with Gasteiger partial charge >= 0.3 is 0 Å². The van der Waals surface area contributed by atoms with Crippen LogP contribution in [0.5, 0.6) is 0 Å². The molecule has 1 aliphatic heterocycles. The number of hydrogen-bond donors (Lipinski definition) is 1. The van der Waals surface area contributed by atoms with Crippen LogP contribution in [0.4, 0.5) is 0 Å². The highest BCUT2D eigenvalue weighted by atomic mass is 16.5. The van der Waals surface area contributed by atoms with Gasteiger partial charge in [0.1, 0.15) is 0 Å². The molecule has 3 nitrogen and oxygen atoms in total. The maximum atomic E-state index is 5.70. The highest BCUT2D eigenvalue weighted by molar-refractivity contribution is 5.23. The summed E-state index contributed by atoms with van der Waals surface area (Å²) >= 11 is 0. The molecule has 1 aromatic carbocycles. The zero-order chi connectivity index (χ0) is 13.5. The number of ether oxygens (including phenoxy) is 1. The molecule has 1 unspecified atom stereocenters. The van der Waals surface area contributed by atoms with Gasteiger partial charge in [-0.05, 0) is 31.0 Å². The Balaban J connectivity index is 1.93. The van der Waals surface area contributed by atoms with Crippen molar-refractivity contribution in [2.75, 3.05) is 26.2 Å². The second-order valence-corrected chi connectivity index (χ2v) is 5.37. The molecule has 106 valence electrons. The topological polar surface area (TPSA) is 24.5 Å². The minimum atomic E-state index is 0.354. The summed E-state index contributed by atoms with van der Waals surface area (Å²) in [4.78, 5) is 2.50. The van der Waals surface area contributed by atoms with Crippen LogP contribution in [0.3, 0.4) is 0 Å². The van der Waals surface area contributed by atoms with Crippen molar-refractivity contribution in [2.45, 2.75) is 39.5 Å². The molecule has 0 spiro atoms. The normalized spacial score (nSPS) is 21.3. The summed E-state index contributed by atoms with van der Waals surface area (Å²) in [5.74, 6) is 0. The minimum absolute atomic E-state index is 0.354. The van der Waals surface area contributed by atoms with Crippen LogP contribution in [0.2, 0.25) is 0 Å². The lowest BCUT2D eigenvalue weighted by Crippen LogP contribution is -2.29. The summed E-state index contributed by atoms with van der Waals surface area (Å²) in [5.41, 5.74) is 2.78. The van der Waals surface area contributed by atoms with Crippen molar-refractivity contribution in [1.82, 2.24) is 10.2 Å². The van der Waals surface area contributed by atoms with Crippen molar-refractivity contribution in [2.24, 2.45) is 0 Å². The molecule has 1 aromatic rings. The zero-order valence-electron chi connectivity index (χ0n) is 12.2. The highest BCUT2D eigenvalue weighted by Gasteiger charge is 2.14. The molecule has 1 heterocycles. The molecule has 1 fully saturated rings. The van der Waals surface area contributed by atoms with Crippen molar-refractivity contribution in [3.05, 3.63) is 35.4 Å². The first-order valence-corrected chi connectivity index (χ1v) is 7.40. The van der Waals surface area contributed by atoms with Gasteiger partial charge < -0.3 is 10.1 Å². The second-order valence-electron chi connectivity index (χ2n) is 5.37. The quantitative estimate of drug-likeness (QED) is 0.882. The molecule has 19 heavy (non-hydrogen) atoms. The number of benzene rings is 1. The minimum Gasteiger partial charge on any atom is -0.377 e. The molecule has 0 aromatic heterocycles. The Labute approximate surface area is 116 Å². The fourth-order valence-corrected chi connectivity index (χ4v) is 2.59. The molecule has 2 rings (SSSR count). The number of rotatable bonds is 5. The van der Waals surface area contributed by atoms with Crippen LogP contribution in [0.1, 0.15) is 31.4 Å². The summed E-state index contributed by atoms with van der Waals surface area (Å²) in [7, 11) is 0. The van der Waals surface area contributed by atoms with Crippen LogP contribution >= 0.6 is 0 Å². The molecule has 1 N–H and O–H groups in total. The molecular weight excluding hydrogens is 236 g/mol. The molecule has 1 atom stereocenters. The van der Waals surface area contributed by atoms with Crippen molar-refractivity contribution in [1.29, 1.82) is 0 Å². The Bertz CT molecular complexity index is 381. The lowest BCUT2D eigenvalue weighted by Gasteiger charge is -2.22. The molecule has 1 saturated heterocycles. The van der Waals surface area contributed by atoms with Gasteiger partial charge in [0.05, 0.1) is 6.10 Å². The third-order valence-corrected chi connectivity index (χ3v) is 3.51. The standard InChI is InChI=1S/C16H26N2O/c1-3-17-11-15-6-4-7-16(10-15)13-18-8-5-9-19-14(2)12-18/h4,6-7,10,14,17H,3,5,8-9,11-13H2,1-2H3. The van der Waals surface area contributed by atoms with E-state index in [4.69, 9.17) is 4.74 Å². The first-order chi connectivity index (χ1) is 9.28. The first kappa shape index (κ1) is 14.5. The van der Waals surface area contributed by atoms with E-state index in [1.807, 2.05) is 0 Å². The van der Waals surface area contributed by atoms with E-state index in [2.05, 4.69) is 48.3 Å². The van der Waals surface area contributed by atoms with Crippen LogP contribution in [-0.2, 0) is 17.8 Å². The number of nitrogens with zero attached hydrogens (tertiary/aromatic N) is 1. The Morgan fingerprint density at radius 1 is 1.37 bits per heavy atom. The van der Waals surface area contributed by atoms with Crippen molar-refractivity contribution < 1.29 is 4.74 Å². The number of hydrogen-bond acceptors (Lipinski definition) is 3. The number of nitrogens with one attached hydrogen (secondary N) is 1. The third kappa shape index (κ3) is 4.94. The van der Waals surface area contributed by atoms with Crippen molar-refractivity contribution >= 4 is 0 Å². The average Bonchev–Trinajstić information content (AvgIpc) is 2.61. The van der Waals surface area contributed by atoms with Crippen LogP contribution < -0.4 is 5.32 Å². The summed E-state index contributed by atoms with van der Waals surface area (Å²) in [6.07, 6.45) is 1.49. The van der Waals surface area contributed by atoms with Gasteiger partial charge in [-0.1, -0.05) is 31.2 Å². The Morgan fingerprint density at radius 2 is 2.21 bits per heavy atom. The van der Waals surface area contributed by atoms with E-state index in [9.17, 15) is 0 Å². The summed E-state index contributed by atoms with van der Waals surface area (Å²) in [6.45, 7) is 10.4. The molecular formula is C16H26N2O. The van der Waals surface area contributed by atoms with Gasteiger partial charge in [0.25, 0.3) is 0 Å². The zero-order valence-corrected chi connectivity index (χ0v) is 12.2. The van der Waals surface area contributed by atoms with E-state index in [1.165, 1.54) is 11.1 Å². The third-order valence-electron chi connectivity index (χ3n) is 3.51. The summed E-state index contributed by atoms with van der Waals surface area (Å²) in [6, 6.07) is 8.91. The maximum absolute atomic E-state index is 5.70. The molecule has 0 amide bonds. The first-order valence-electron chi connectivity index (χ1n) is 7.40. The van der Waals surface area contributed by atoms with E-state index < -0.39 is 0 Å². The van der Waals surface area contributed by atoms with Gasteiger partial charge in [-0.2, -0.15) is 0 Å². The van der Waals surface area contributed by atoms with Crippen LogP contribution in [0.15, 0.2) is 24.3 Å². The van der Waals surface area contributed by atoms with Gasteiger partial charge in [0.2, 0.25) is 0 Å². The SMILES string of the molecule is CCNCc1cccc(CN2CCCOC(C)C2)c1. The van der Waals surface area contributed by atoms with E-state index in [0.717, 1.165) is 45.8 Å². The average molecular weight is 262 g/mol. The summed E-state index contributed by atoms with van der Waals surface area (Å²) < 4.78 is 5.70. The van der Waals surface area contributed by atoms with E-state index in [0.29, 0.717) is 6.10 Å². The van der Waals surface area contributed by atoms with Gasteiger partial charge in [-0.15, -0.1) is 0 Å². The summed E-state index contributed by atoms with van der Waals surface area (Å²) in [5, 5.41) is 3.38. The van der Waals surface area contributed by atoms with E-state index in [1.54, 1.807) is 0 Å². The lowest BCUT2D eigenvalue weighted by atomic mass is 10.1. The van der Waals surface area contributed by atoms with E-state index >= 15 is 0 Å². The van der Waals surface area contributed by atoms with Gasteiger partial charge in [0.15, 0.2) is 0 Å². The Hall–Kier alpha value is -0.900. The fourth-order valence-electron chi connectivity index (χ4n) is 2.59. The lowest BCUT2D eigenvalue weighted by molar-refractivity contribution is 0.0668. The second kappa shape index (κ2) is 7.63. The maximum Gasteiger partial charge on any atom is 0.0674 e. The molecule has 0 aliphatic carbocycles. The monoisotopic (exact) mass is 262 g/mol. The smallest absolute Gasteiger partial charge is 0.0674 e. The van der Waals surface area contributed by atoms with Gasteiger partial charge in [-0.25, -0.2) is 0 Å². The van der Waals surface area contributed by atoms with Crippen molar-refractivity contribution in [3.63, 3.8) is 0 Å². The van der Waals surface area contributed by atoms with Crippen LogP contribution in [-0.4, -0.2) is 37.2 Å². The predicted octanol–water partition coefficient (Wildman–Crippen LogP) is 2.41. The fraction of sp³-hybridized carbons (Fsp3) is 0.625. The molecule has 1 aliphatic rings. The van der Waals surface area contributed by atoms with Gasteiger partial charge in [-0.3, -0.25) is 4.90 Å². The molecule has 0 radical (unpaired) electrons. The van der Waals surface area contributed by atoms with E-state index in [-0.39, 0.29) is 0 Å². The Morgan fingerprint density at radius 3 is 3.05 bits per heavy atom. The largest absolute Gasteiger partial charge is 0.377 e. The van der Waals surface area contributed by atoms with Crippen LogP contribution in [0, 0.1) is 0 Å². The van der Waals surface area contributed by atoms with Crippen molar-refractivity contribution in [3.8, 4) is 0 Å². The predicted molar refractivity (Wildman–Crippen MR) is 79.1 cm³/mol. The van der Waals surface area contributed by atoms with Crippen LogP contribution in [0.25, 0.3) is 0 Å². The Kier molecular flexibility index (Phi) is 5.83. The van der Waals surface area contributed by atoms with Gasteiger partial charge in [0, 0.05) is 32.8 Å². The molecule has 0 bridgehead atoms. The molecule has 3 heteroatoms. The highest BCUT2D eigenvalue weighted by Crippen LogP contribution is 2.12.